The second-order valence-electron chi connectivity index (χ2n) is 6.85. The Morgan fingerprint density at radius 3 is 2.91 bits per heavy atom. The fourth-order valence-corrected chi connectivity index (χ4v) is 3.69. The van der Waals surface area contributed by atoms with Crippen LogP contribution in [0.5, 0.6) is 0 Å². The molecule has 0 aromatic heterocycles. The second kappa shape index (κ2) is 7.58. The highest BCUT2D eigenvalue weighted by atomic mass is 16.5. The third kappa shape index (κ3) is 3.89. The Bertz CT molecular complexity index is 482. The standard InChI is InChI=1S/C19H29NO2/c1-14-4-5-16-13-15(2)19(18(16)12-14)20-8-3-9-22-17-6-10-21-11-7-17/h4-5,12,15,17,19-20H,3,6-11,13H2,1-2H3/t15-,19-/m0/s1. The van der Waals surface area contributed by atoms with E-state index < -0.39 is 0 Å². The molecule has 2 aliphatic rings. The van der Waals surface area contributed by atoms with Gasteiger partial charge in [-0.3, -0.25) is 0 Å². The van der Waals surface area contributed by atoms with Gasteiger partial charge in [0.15, 0.2) is 0 Å². The van der Waals surface area contributed by atoms with Crippen LogP contribution >= 0.6 is 0 Å². The summed E-state index contributed by atoms with van der Waals surface area (Å²) in [6.07, 6.45) is 4.81. The first-order valence-corrected chi connectivity index (χ1v) is 8.76. The van der Waals surface area contributed by atoms with Gasteiger partial charge in [-0.05, 0) is 56.2 Å². The first-order valence-electron chi connectivity index (χ1n) is 8.76. The molecule has 0 radical (unpaired) electrons. The van der Waals surface area contributed by atoms with Crippen molar-refractivity contribution < 1.29 is 9.47 Å². The number of rotatable bonds is 6. The van der Waals surface area contributed by atoms with Crippen molar-refractivity contribution in [2.75, 3.05) is 26.4 Å². The predicted molar refractivity (Wildman–Crippen MR) is 89.2 cm³/mol. The number of fused-ring (bicyclic) bond motifs is 1. The minimum atomic E-state index is 0.419. The van der Waals surface area contributed by atoms with E-state index in [1.807, 2.05) is 0 Å². The lowest BCUT2D eigenvalue weighted by Crippen LogP contribution is -2.27. The molecule has 22 heavy (non-hydrogen) atoms. The second-order valence-corrected chi connectivity index (χ2v) is 6.85. The fourth-order valence-electron chi connectivity index (χ4n) is 3.69. The Morgan fingerprint density at radius 1 is 1.27 bits per heavy atom. The van der Waals surface area contributed by atoms with Crippen LogP contribution in [0.4, 0.5) is 0 Å². The summed E-state index contributed by atoms with van der Waals surface area (Å²) in [5.41, 5.74) is 4.40. The molecular formula is C19H29NO2. The van der Waals surface area contributed by atoms with E-state index in [4.69, 9.17) is 9.47 Å². The first-order chi connectivity index (χ1) is 10.7. The molecule has 0 bridgehead atoms. The van der Waals surface area contributed by atoms with Crippen LogP contribution in [-0.4, -0.2) is 32.5 Å². The highest BCUT2D eigenvalue weighted by Crippen LogP contribution is 2.36. The largest absolute Gasteiger partial charge is 0.381 e. The Kier molecular flexibility index (Phi) is 5.51. The van der Waals surface area contributed by atoms with E-state index in [9.17, 15) is 0 Å². The number of benzene rings is 1. The van der Waals surface area contributed by atoms with Crippen molar-refractivity contribution in [1.29, 1.82) is 0 Å². The van der Waals surface area contributed by atoms with Gasteiger partial charge < -0.3 is 14.8 Å². The van der Waals surface area contributed by atoms with Crippen molar-refractivity contribution in [2.45, 2.75) is 51.7 Å². The normalized spacial score (nSPS) is 25.4. The molecule has 1 aliphatic carbocycles. The molecule has 2 atom stereocenters. The molecule has 1 aromatic rings. The molecule has 122 valence electrons. The van der Waals surface area contributed by atoms with Gasteiger partial charge in [0.05, 0.1) is 6.10 Å². The summed E-state index contributed by atoms with van der Waals surface area (Å²) in [7, 11) is 0. The van der Waals surface area contributed by atoms with Crippen molar-refractivity contribution in [3.05, 3.63) is 34.9 Å². The van der Waals surface area contributed by atoms with Gasteiger partial charge in [-0.25, -0.2) is 0 Å². The molecule has 0 amide bonds. The summed E-state index contributed by atoms with van der Waals surface area (Å²) >= 11 is 0. The highest BCUT2D eigenvalue weighted by Gasteiger charge is 2.28. The van der Waals surface area contributed by atoms with E-state index >= 15 is 0 Å². The van der Waals surface area contributed by atoms with Crippen LogP contribution < -0.4 is 5.32 Å². The summed E-state index contributed by atoms with van der Waals surface area (Å²) in [4.78, 5) is 0. The minimum Gasteiger partial charge on any atom is -0.381 e. The third-order valence-corrected chi connectivity index (χ3v) is 4.95. The van der Waals surface area contributed by atoms with Crippen molar-refractivity contribution >= 4 is 0 Å². The van der Waals surface area contributed by atoms with Crippen molar-refractivity contribution in [1.82, 2.24) is 5.32 Å². The van der Waals surface area contributed by atoms with Gasteiger partial charge in [-0.15, -0.1) is 0 Å². The lowest BCUT2D eigenvalue weighted by atomic mass is 10.0. The van der Waals surface area contributed by atoms with Gasteiger partial charge in [0, 0.05) is 25.9 Å². The van der Waals surface area contributed by atoms with Crippen molar-refractivity contribution in [3.8, 4) is 0 Å². The first kappa shape index (κ1) is 16.0. The monoisotopic (exact) mass is 303 g/mol. The van der Waals surface area contributed by atoms with Crippen LogP contribution in [0.3, 0.4) is 0 Å². The zero-order chi connectivity index (χ0) is 15.4. The molecule has 1 aliphatic heterocycles. The van der Waals surface area contributed by atoms with Gasteiger partial charge in [-0.1, -0.05) is 30.7 Å². The summed E-state index contributed by atoms with van der Waals surface area (Å²) in [5.74, 6) is 0.688. The predicted octanol–water partition coefficient (Wildman–Crippen LogP) is 3.40. The lowest BCUT2D eigenvalue weighted by Gasteiger charge is -2.23. The molecule has 3 heteroatoms. The third-order valence-electron chi connectivity index (χ3n) is 4.95. The van der Waals surface area contributed by atoms with Crippen LogP contribution in [0.15, 0.2) is 18.2 Å². The van der Waals surface area contributed by atoms with Crippen LogP contribution in [0.1, 0.15) is 48.9 Å². The molecule has 1 N–H and O–H groups in total. The number of aryl methyl sites for hydroxylation is 1. The molecule has 0 saturated carbocycles. The Morgan fingerprint density at radius 2 is 2.09 bits per heavy atom. The van der Waals surface area contributed by atoms with Gasteiger partial charge >= 0.3 is 0 Å². The SMILES string of the molecule is Cc1ccc2c(c1)[C@@H](NCCCOC1CCOCC1)[C@@H](C)C2. The van der Waals surface area contributed by atoms with E-state index in [0.29, 0.717) is 18.1 Å². The number of hydrogen-bond acceptors (Lipinski definition) is 3. The summed E-state index contributed by atoms with van der Waals surface area (Å²) in [6, 6.07) is 7.40. The van der Waals surface area contributed by atoms with E-state index in [2.05, 4.69) is 37.4 Å². The van der Waals surface area contributed by atoms with Gasteiger partial charge in [0.2, 0.25) is 0 Å². The maximum Gasteiger partial charge on any atom is 0.0619 e. The molecule has 3 nitrogen and oxygen atoms in total. The van der Waals surface area contributed by atoms with Crippen molar-refractivity contribution in [3.63, 3.8) is 0 Å². The van der Waals surface area contributed by atoms with Crippen molar-refractivity contribution in [2.24, 2.45) is 5.92 Å². The molecular weight excluding hydrogens is 274 g/mol. The average molecular weight is 303 g/mol. The topological polar surface area (TPSA) is 30.5 Å². The lowest BCUT2D eigenvalue weighted by molar-refractivity contribution is -0.0323. The molecule has 0 unspecified atom stereocenters. The van der Waals surface area contributed by atoms with Crippen LogP contribution in [0.2, 0.25) is 0 Å². The summed E-state index contributed by atoms with van der Waals surface area (Å²) in [6.45, 7) is 8.15. The molecule has 1 heterocycles. The fraction of sp³-hybridized carbons (Fsp3) is 0.684. The van der Waals surface area contributed by atoms with Crippen LogP contribution in [0, 0.1) is 12.8 Å². The maximum atomic E-state index is 5.94. The molecule has 3 rings (SSSR count). The van der Waals surface area contributed by atoms with E-state index in [0.717, 1.165) is 45.6 Å². The zero-order valence-electron chi connectivity index (χ0n) is 13.9. The molecule has 0 spiro atoms. The summed E-state index contributed by atoms with van der Waals surface area (Å²) in [5, 5.41) is 3.75. The Balaban J connectivity index is 1.41. The Labute approximate surface area is 134 Å². The molecule has 1 fully saturated rings. The minimum absolute atomic E-state index is 0.419. The molecule has 1 aromatic carbocycles. The molecule has 1 saturated heterocycles. The van der Waals surface area contributed by atoms with Crippen LogP contribution in [-0.2, 0) is 15.9 Å². The average Bonchev–Trinajstić information content (AvgIpc) is 2.83. The highest BCUT2D eigenvalue weighted by molar-refractivity contribution is 5.38. The van der Waals surface area contributed by atoms with Gasteiger partial charge in [0.1, 0.15) is 0 Å². The maximum absolute atomic E-state index is 5.94. The number of hydrogen-bond donors (Lipinski definition) is 1. The van der Waals surface area contributed by atoms with E-state index in [1.54, 1.807) is 0 Å². The van der Waals surface area contributed by atoms with Crippen LogP contribution in [0.25, 0.3) is 0 Å². The number of nitrogens with one attached hydrogen (secondary N) is 1. The number of ether oxygens (including phenoxy) is 2. The van der Waals surface area contributed by atoms with E-state index in [-0.39, 0.29) is 0 Å². The zero-order valence-corrected chi connectivity index (χ0v) is 13.9. The van der Waals surface area contributed by atoms with Gasteiger partial charge in [-0.2, -0.15) is 0 Å². The summed E-state index contributed by atoms with van der Waals surface area (Å²) < 4.78 is 11.3. The van der Waals surface area contributed by atoms with E-state index in [1.165, 1.54) is 23.1 Å². The Hall–Kier alpha value is -0.900. The smallest absolute Gasteiger partial charge is 0.0619 e. The van der Waals surface area contributed by atoms with Gasteiger partial charge in [0.25, 0.3) is 0 Å². The quantitative estimate of drug-likeness (QED) is 0.817.